The third-order valence-electron chi connectivity index (χ3n) is 5.02. The summed E-state index contributed by atoms with van der Waals surface area (Å²) in [7, 11) is 2.81. The Morgan fingerprint density at radius 2 is 1.33 bits per heavy atom. The Bertz CT molecular complexity index is 1130. The molecule has 2 amide bonds. The van der Waals surface area contributed by atoms with E-state index in [1.54, 1.807) is 36.4 Å². The molecule has 0 saturated heterocycles. The van der Waals surface area contributed by atoms with Crippen molar-refractivity contribution in [2.45, 2.75) is 25.4 Å². The van der Waals surface area contributed by atoms with Gasteiger partial charge in [0.2, 0.25) is 6.10 Å². The molecule has 0 fully saturated rings. The summed E-state index contributed by atoms with van der Waals surface area (Å²) in [5.41, 5.74) is 0. The minimum absolute atomic E-state index is 0.0441. The van der Waals surface area contributed by atoms with E-state index in [-0.39, 0.29) is 62.0 Å². The first-order chi connectivity index (χ1) is 18.9. The summed E-state index contributed by atoms with van der Waals surface area (Å²) in [5, 5.41) is 17.2. The highest BCUT2D eigenvalue weighted by Crippen LogP contribution is 2.28. The lowest BCUT2D eigenvalue weighted by molar-refractivity contribution is -0.154. The van der Waals surface area contributed by atoms with Gasteiger partial charge in [-0.05, 0) is 43.5 Å². The number of esters is 1. The first kappa shape index (κ1) is 30.1. The number of para-hydroxylation sites is 4. The van der Waals surface area contributed by atoms with Gasteiger partial charge in [0.05, 0.1) is 14.2 Å². The quantitative estimate of drug-likeness (QED) is 0.193. The van der Waals surface area contributed by atoms with Crippen LogP contribution in [0.5, 0.6) is 23.0 Å². The van der Waals surface area contributed by atoms with Crippen molar-refractivity contribution in [2.75, 3.05) is 34.0 Å². The largest absolute Gasteiger partial charge is 0.493 e. The third kappa shape index (κ3) is 9.66. The van der Waals surface area contributed by atoms with Crippen molar-refractivity contribution >= 4 is 18.2 Å². The van der Waals surface area contributed by atoms with E-state index in [1.807, 2.05) is 0 Å². The maximum absolute atomic E-state index is 13.0. The average molecular weight is 542 g/mol. The molecule has 0 aliphatic heterocycles. The number of carbonyl (C=O) groups excluding carboxylic acids is 3. The summed E-state index contributed by atoms with van der Waals surface area (Å²) < 4.78 is 35.3. The zero-order chi connectivity index (χ0) is 28.5. The van der Waals surface area contributed by atoms with Crippen LogP contribution in [-0.2, 0) is 19.0 Å². The van der Waals surface area contributed by atoms with Crippen molar-refractivity contribution in [3.63, 3.8) is 0 Å². The Morgan fingerprint density at radius 1 is 0.795 bits per heavy atom. The smallest absolute Gasteiger partial charge is 0.424 e. The van der Waals surface area contributed by atoms with Crippen LogP contribution in [0.4, 0.5) is 9.59 Å². The van der Waals surface area contributed by atoms with Gasteiger partial charge < -0.3 is 33.2 Å². The summed E-state index contributed by atoms with van der Waals surface area (Å²) >= 11 is 0. The summed E-state index contributed by atoms with van der Waals surface area (Å²) in [4.78, 5) is 38.9. The highest BCUT2D eigenvalue weighted by atomic mass is 16.6. The van der Waals surface area contributed by atoms with Crippen LogP contribution in [0.25, 0.3) is 0 Å². The average Bonchev–Trinajstić information content (AvgIpc) is 2.95. The molecule has 0 bridgehead atoms. The molecule has 0 N–H and O–H groups in total. The molecule has 0 aliphatic rings. The molecular weight excluding hydrogens is 514 g/mol. The number of hydrogen-bond donors (Lipinski definition) is 0. The molecular formula is C26H27N3O10. The van der Waals surface area contributed by atoms with Crippen molar-refractivity contribution in [1.82, 2.24) is 4.90 Å². The number of benzene rings is 2. The van der Waals surface area contributed by atoms with Crippen LogP contribution >= 0.6 is 0 Å². The van der Waals surface area contributed by atoms with Gasteiger partial charge in [-0.2, -0.15) is 10.5 Å². The molecule has 0 aliphatic carbocycles. The number of hydrogen-bond acceptors (Lipinski definition) is 12. The lowest BCUT2D eigenvalue weighted by Gasteiger charge is -2.21. The van der Waals surface area contributed by atoms with Crippen molar-refractivity contribution in [2.24, 2.45) is 0 Å². The van der Waals surface area contributed by atoms with Gasteiger partial charge >= 0.3 is 18.2 Å². The molecule has 13 heteroatoms. The van der Waals surface area contributed by atoms with E-state index in [4.69, 9.17) is 38.9 Å². The fourth-order valence-electron chi connectivity index (χ4n) is 3.17. The highest BCUT2D eigenvalue weighted by molar-refractivity contribution is 5.90. The van der Waals surface area contributed by atoms with Gasteiger partial charge in [0.25, 0.3) is 12.5 Å². The molecule has 2 aromatic rings. The minimum Gasteiger partial charge on any atom is -0.493 e. The Balaban J connectivity index is 2.08. The molecule has 2 rings (SSSR count). The van der Waals surface area contributed by atoms with Gasteiger partial charge in [-0.3, -0.25) is 0 Å². The Morgan fingerprint density at radius 3 is 1.82 bits per heavy atom. The number of nitrogens with zero attached hydrogens (tertiary/aromatic N) is 3. The lowest BCUT2D eigenvalue weighted by atomic mass is 10.1. The van der Waals surface area contributed by atoms with E-state index >= 15 is 0 Å². The topological polar surface area (TPSA) is 167 Å². The first-order valence-corrected chi connectivity index (χ1v) is 11.6. The maximum Gasteiger partial charge on any atom is 0.424 e. The third-order valence-corrected chi connectivity index (χ3v) is 5.02. The number of ether oxygens (including phenoxy) is 7. The number of nitriles is 2. The Kier molecular flexibility index (Phi) is 12.8. The molecule has 2 aromatic carbocycles. The predicted octanol–water partition coefficient (Wildman–Crippen LogP) is 3.78. The van der Waals surface area contributed by atoms with Gasteiger partial charge in [0.15, 0.2) is 23.0 Å². The van der Waals surface area contributed by atoms with E-state index in [9.17, 15) is 14.4 Å². The molecule has 13 nitrogen and oxygen atoms in total. The van der Waals surface area contributed by atoms with Crippen LogP contribution < -0.4 is 18.9 Å². The normalized spacial score (nSPS) is 10.6. The van der Waals surface area contributed by atoms with Gasteiger partial charge in [-0.1, -0.05) is 24.3 Å². The zero-order valence-corrected chi connectivity index (χ0v) is 21.4. The van der Waals surface area contributed by atoms with Gasteiger partial charge in [0.1, 0.15) is 13.2 Å². The molecule has 0 radical (unpaired) electrons. The standard InChI is InChI=1S/C26H27N3O10/c1-33-19-9-3-5-11-21(19)38-25(31)29(26(32)39-22-12-6-4-10-20(22)34-2)14-8-7-13-23(37-18-28)24(30)36-16-15-35-17-27/h3-6,9-12,23H,7-8,13-16H2,1-2H3. The summed E-state index contributed by atoms with van der Waals surface area (Å²) in [6, 6.07) is 12.8. The van der Waals surface area contributed by atoms with Gasteiger partial charge in [0, 0.05) is 6.54 Å². The van der Waals surface area contributed by atoms with Gasteiger partial charge in [-0.15, -0.1) is 0 Å². The number of methoxy groups -OCH3 is 2. The molecule has 0 heterocycles. The SMILES string of the molecule is COc1ccccc1OC(=O)N(CCCCC(OC#N)C(=O)OCCOC#N)C(=O)Oc1ccccc1OC. The van der Waals surface area contributed by atoms with Crippen molar-refractivity contribution < 1.29 is 47.5 Å². The molecule has 0 aromatic heterocycles. The molecule has 1 atom stereocenters. The Labute approximate surface area is 224 Å². The summed E-state index contributed by atoms with van der Waals surface area (Å²) in [6.45, 7) is -0.500. The van der Waals surface area contributed by atoms with Crippen molar-refractivity contribution in [3.8, 4) is 35.5 Å². The van der Waals surface area contributed by atoms with Crippen LogP contribution in [0, 0.1) is 23.0 Å². The minimum atomic E-state index is -1.22. The monoisotopic (exact) mass is 541 g/mol. The Hall–Kier alpha value is -5.17. The van der Waals surface area contributed by atoms with Crippen LogP contribution in [0.1, 0.15) is 19.3 Å². The second-order valence-electron chi connectivity index (χ2n) is 7.49. The predicted molar refractivity (Wildman–Crippen MR) is 132 cm³/mol. The molecule has 1 unspecified atom stereocenters. The molecule has 0 spiro atoms. The summed E-state index contributed by atoms with van der Waals surface area (Å²) in [6.07, 6.45) is 0.100. The van der Waals surface area contributed by atoms with E-state index in [0.717, 1.165) is 4.90 Å². The van der Waals surface area contributed by atoms with Crippen molar-refractivity contribution in [1.29, 1.82) is 10.5 Å². The lowest BCUT2D eigenvalue weighted by Crippen LogP contribution is -2.41. The fraction of sp³-hybridized carbons (Fsp3) is 0.346. The van der Waals surface area contributed by atoms with E-state index in [0.29, 0.717) is 0 Å². The number of imide groups is 1. The fourth-order valence-corrected chi connectivity index (χ4v) is 3.17. The molecule has 0 saturated carbocycles. The number of carbonyl (C=O) groups is 3. The molecule has 39 heavy (non-hydrogen) atoms. The van der Waals surface area contributed by atoms with Crippen LogP contribution in [0.3, 0.4) is 0 Å². The highest BCUT2D eigenvalue weighted by Gasteiger charge is 2.28. The van der Waals surface area contributed by atoms with Crippen LogP contribution in [0.15, 0.2) is 48.5 Å². The van der Waals surface area contributed by atoms with Gasteiger partial charge in [-0.25, -0.2) is 19.3 Å². The van der Waals surface area contributed by atoms with E-state index in [2.05, 4.69) is 4.74 Å². The first-order valence-electron chi connectivity index (χ1n) is 11.6. The van der Waals surface area contributed by atoms with Crippen LogP contribution in [-0.4, -0.2) is 63.1 Å². The second-order valence-corrected chi connectivity index (χ2v) is 7.49. The summed E-state index contributed by atoms with van der Waals surface area (Å²) in [5.74, 6) is -0.0874. The van der Waals surface area contributed by atoms with E-state index in [1.165, 1.54) is 38.9 Å². The number of amides is 2. The maximum atomic E-state index is 13.0. The number of rotatable bonds is 14. The molecule has 206 valence electrons. The van der Waals surface area contributed by atoms with Crippen LogP contribution in [0.2, 0.25) is 0 Å². The van der Waals surface area contributed by atoms with Crippen molar-refractivity contribution in [3.05, 3.63) is 48.5 Å². The van der Waals surface area contributed by atoms with E-state index < -0.39 is 24.3 Å². The zero-order valence-electron chi connectivity index (χ0n) is 21.4. The second kappa shape index (κ2) is 16.6. The number of unbranched alkanes of at least 4 members (excludes halogenated alkanes) is 1.